The number of carbonyl (C=O) groups excluding carboxylic acids is 2. The monoisotopic (exact) mass is 1580 g/mol. The van der Waals surface area contributed by atoms with E-state index in [4.69, 9.17) is 96.8 Å². The lowest BCUT2D eigenvalue weighted by atomic mass is 10.0. The lowest BCUT2D eigenvalue weighted by Gasteiger charge is -2.19. The van der Waals surface area contributed by atoms with Crippen LogP contribution in [0.5, 0.6) is 0 Å². The Morgan fingerprint density at radius 3 is 1.25 bits per heavy atom. The second-order valence-corrected chi connectivity index (χ2v) is 29.5. The highest BCUT2D eigenvalue weighted by Gasteiger charge is 2.19. The van der Waals surface area contributed by atoms with Crippen LogP contribution in [0.2, 0.25) is 30.1 Å². The van der Waals surface area contributed by atoms with Crippen LogP contribution in [0.15, 0.2) is 215 Å². The van der Waals surface area contributed by atoms with Crippen molar-refractivity contribution in [1.29, 1.82) is 0 Å². The van der Waals surface area contributed by atoms with Gasteiger partial charge in [0.25, 0.3) is 5.56 Å². The molecule has 29 heteroatoms. The van der Waals surface area contributed by atoms with Crippen molar-refractivity contribution in [1.82, 2.24) is 48.9 Å². The summed E-state index contributed by atoms with van der Waals surface area (Å²) in [4.78, 5) is 57.2. The summed E-state index contributed by atoms with van der Waals surface area (Å²) in [7, 11) is 0. The molecule has 7 aromatic carbocycles. The molecule has 0 radical (unpaired) electrons. The van der Waals surface area contributed by atoms with Crippen LogP contribution in [-0.2, 0) is 30.3 Å². The van der Waals surface area contributed by atoms with Gasteiger partial charge in [-0.2, -0.15) is 15.3 Å². The van der Waals surface area contributed by atoms with Crippen molar-refractivity contribution in [2.24, 2.45) is 0 Å². The molecule has 5 N–H and O–H groups in total. The molecule has 12 aromatic rings. The van der Waals surface area contributed by atoms with Gasteiger partial charge in [-0.25, -0.2) is 23.4 Å². The van der Waals surface area contributed by atoms with Gasteiger partial charge in [-0.05, 0) is 197 Å². The Morgan fingerprint density at radius 1 is 0.476 bits per heavy atom. The molecule has 0 atom stereocenters. The second-order valence-electron chi connectivity index (χ2n) is 23.6. The largest absolute Gasteiger partial charge is 0.481 e. The zero-order valence-electron chi connectivity index (χ0n) is 56.6. The molecule has 5 heterocycles. The molecule has 0 fully saturated rings. The van der Waals surface area contributed by atoms with E-state index in [1.54, 1.807) is 80.0 Å². The predicted molar refractivity (Wildman–Crippen MR) is 419 cm³/mol. The molecule has 534 valence electrons. The number of H-pyrrole nitrogens is 2. The molecule has 1 amide bonds. The van der Waals surface area contributed by atoms with E-state index in [1.165, 1.54) is 46.0 Å². The first-order chi connectivity index (χ1) is 49.0. The second kappa shape index (κ2) is 37.6. The van der Waals surface area contributed by atoms with Crippen molar-refractivity contribution >= 4 is 147 Å². The number of ether oxygens (including phenoxy) is 1. The Bertz CT molecular complexity index is 4980. The molecule has 0 aliphatic heterocycles. The molecule has 0 aliphatic rings. The predicted octanol–water partition coefficient (Wildman–Crippen LogP) is 19.4. The molecule has 0 spiro atoms. The van der Waals surface area contributed by atoms with Gasteiger partial charge in [-0.1, -0.05) is 178 Å². The number of esters is 1. The fourth-order valence-corrected chi connectivity index (χ4v) is 13.7. The van der Waals surface area contributed by atoms with Gasteiger partial charge in [0.05, 0.1) is 107 Å². The first-order valence-electron chi connectivity index (χ1n) is 31.2. The summed E-state index contributed by atoms with van der Waals surface area (Å²) in [6, 6.07) is 50.0. The number of carbonyl (C=O) groups is 4. The lowest BCUT2D eigenvalue weighted by Crippen LogP contribution is -2.25. The molecule has 5 aromatic heterocycles. The van der Waals surface area contributed by atoms with Gasteiger partial charge >= 0.3 is 17.9 Å². The van der Waals surface area contributed by atoms with E-state index >= 15 is 0 Å². The maximum Gasteiger partial charge on any atom is 0.316 e. The molecule has 0 bridgehead atoms. The molecule has 0 unspecified atom stereocenters. The van der Waals surface area contributed by atoms with Gasteiger partial charge in [0.15, 0.2) is 0 Å². The number of hydrogen-bond donors (Lipinski definition) is 5. The van der Waals surface area contributed by atoms with Gasteiger partial charge in [-0.15, -0.1) is 0 Å². The number of carboxylic acid groups (broad SMARTS) is 2. The van der Waals surface area contributed by atoms with Gasteiger partial charge in [0, 0.05) is 18.5 Å². The smallest absolute Gasteiger partial charge is 0.316 e. The van der Waals surface area contributed by atoms with Crippen molar-refractivity contribution in [3.8, 4) is 39.6 Å². The van der Waals surface area contributed by atoms with Crippen LogP contribution in [0.3, 0.4) is 0 Å². The molecule has 0 aliphatic carbocycles. The summed E-state index contributed by atoms with van der Waals surface area (Å²) in [6.45, 7) is 15.4. The number of aliphatic carboxylic acids is 2. The number of carboxylic acids is 2. The molecule has 0 saturated heterocycles. The highest BCUT2D eigenvalue weighted by molar-refractivity contribution is 8.00. The van der Waals surface area contributed by atoms with E-state index in [1.807, 2.05) is 183 Å². The zero-order chi connectivity index (χ0) is 74.7. The number of anilines is 1. The molecule has 0 saturated carbocycles. The maximum atomic E-state index is 12.6. The van der Waals surface area contributed by atoms with Crippen molar-refractivity contribution in [3.05, 3.63) is 273 Å². The molecular weight excluding hydrogens is 1510 g/mol. The summed E-state index contributed by atoms with van der Waals surface area (Å²) < 4.78 is 14.3. The Balaban J connectivity index is 0.000000172. The van der Waals surface area contributed by atoms with Gasteiger partial charge in [0.1, 0.15) is 25.3 Å². The first-order valence-corrected chi connectivity index (χ1v) is 36.8. The molecule has 19 nitrogen and oxygen atoms in total. The number of aromatic nitrogens is 10. The third-order valence-electron chi connectivity index (χ3n) is 14.1. The molecule has 103 heavy (non-hydrogen) atoms. The van der Waals surface area contributed by atoms with E-state index in [9.17, 15) is 24.0 Å². The van der Waals surface area contributed by atoms with Crippen LogP contribution in [0, 0.1) is 39.3 Å². The summed E-state index contributed by atoms with van der Waals surface area (Å²) in [5.74, 6) is -1.80. The van der Waals surface area contributed by atoms with E-state index in [0.29, 0.717) is 41.5 Å². The van der Waals surface area contributed by atoms with Crippen LogP contribution < -0.4 is 10.9 Å². The van der Waals surface area contributed by atoms with Crippen molar-refractivity contribution in [2.75, 3.05) is 22.6 Å². The van der Waals surface area contributed by atoms with Crippen LogP contribution in [0.4, 0.5) is 5.69 Å². The van der Waals surface area contributed by atoms with E-state index in [0.717, 1.165) is 87.0 Å². The third kappa shape index (κ3) is 23.7. The van der Waals surface area contributed by atoms with E-state index in [2.05, 4.69) is 30.8 Å². The lowest BCUT2D eigenvalue weighted by molar-refractivity contribution is -0.151. The fourth-order valence-electron chi connectivity index (χ4n) is 9.45. The summed E-state index contributed by atoms with van der Waals surface area (Å²) in [5.41, 5.74) is 11.7. The Kier molecular flexibility index (Phi) is 29.2. The summed E-state index contributed by atoms with van der Waals surface area (Å²) in [6.07, 6.45) is 8.33. The minimum atomic E-state index is -0.873. The maximum absolute atomic E-state index is 12.6. The number of rotatable bonds is 18. The van der Waals surface area contributed by atoms with Crippen molar-refractivity contribution < 1.29 is 34.1 Å². The standard InChI is InChI=1S/C26H21Cl2N3O3S.C16H19ClN2O2S.C12H11ClN2O2S.C10H9ClN2O.C10H9ClN2S/c1-16-2-9-23(21(28)12-16)31-25(10-11-29-31)35-15-24(32)30-22-8-7-19(14-20(22)27)18-5-3-17(4-6-18)13-26(33)34;1-11-5-6-13(12(17)9-11)19-14(7-8-18-19)22-10-15(20)21-16(2,3)4;1-8-2-3-10(9(13)6-8)15-11(4-5-14-15)18-7-12(16)17;2*1-7-2-3-9(8(11)6-7)13-10(14)4-5-12-13/h2-12,14H,13,15H2,1H3,(H,30,32)(H,33,34);5-9H,10H2,1-4H3;2-6H,7H2,1H3,(H,16,17);2*2-6,12H,1H3. The van der Waals surface area contributed by atoms with E-state index in [-0.39, 0.29) is 41.1 Å². The summed E-state index contributed by atoms with van der Waals surface area (Å²) >= 11 is 46.4. The van der Waals surface area contributed by atoms with Crippen molar-refractivity contribution in [3.63, 3.8) is 0 Å². The van der Waals surface area contributed by atoms with Crippen molar-refractivity contribution in [2.45, 2.75) is 82.5 Å². The Morgan fingerprint density at radius 2 is 0.874 bits per heavy atom. The number of aryl methyl sites for hydroxylation is 5. The number of nitrogens with zero attached hydrogens (tertiary/aromatic N) is 8. The molecule has 12 rings (SSSR count). The topological polar surface area (TPSA) is 242 Å². The Labute approximate surface area is 642 Å². The minimum absolute atomic E-state index is 0.00479. The average molecular weight is 1580 g/mol. The molecular formula is C74H69Cl6N11O8S4. The van der Waals surface area contributed by atoms with E-state index < -0.39 is 17.5 Å². The number of hydrogen-bond acceptors (Lipinski definition) is 13. The summed E-state index contributed by atoms with van der Waals surface area (Å²) in [5, 5.41) is 44.9. The highest BCUT2D eigenvalue weighted by atomic mass is 35.5. The average Bonchev–Trinajstić information content (AvgIpc) is 1.78. The fraction of sp³-hybridized carbons (Fsp3) is 0.176. The normalized spacial score (nSPS) is 10.8. The highest BCUT2D eigenvalue weighted by Crippen LogP contribution is 2.33. The number of thioether (sulfide) groups is 3. The van der Waals surface area contributed by atoms with Crippen LogP contribution in [-0.4, -0.2) is 106 Å². The van der Waals surface area contributed by atoms with Crippen LogP contribution >= 0.6 is 117 Å². The van der Waals surface area contributed by atoms with Crippen LogP contribution in [0.25, 0.3) is 39.6 Å². The SMILES string of the molecule is Cc1ccc(-n2[nH]ccc2=O)c(Cl)c1.Cc1ccc(-n2[nH]ccc2=S)c(Cl)c1.Cc1ccc(-n2nccc2SCC(=O)Nc2ccc(-c3ccc(CC(=O)O)cc3)cc2Cl)c(Cl)c1.Cc1ccc(-n2nccc2SCC(=O)O)c(Cl)c1.Cc1ccc(-n2nccc2SCC(=O)OC(C)(C)C)c(Cl)c1. The van der Waals surface area contributed by atoms with Gasteiger partial charge < -0.3 is 25.4 Å². The number of aromatic amines is 2. The van der Waals surface area contributed by atoms with Gasteiger partial charge in [-0.3, -0.25) is 29.1 Å². The Hall–Kier alpha value is -8.72. The number of amides is 1. The number of nitrogens with one attached hydrogen (secondary N) is 3. The minimum Gasteiger partial charge on any atom is -0.481 e. The van der Waals surface area contributed by atoms with Gasteiger partial charge in [0.2, 0.25) is 5.91 Å². The zero-order valence-corrected chi connectivity index (χ0v) is 64.4. The number of halogens is 6. The quantitative estimate of drug-likeness (QED) is 0.0305. The first kappa shape index (κ1) is 80.0. The van der Waals surface area contributed by atoms with Crippen LogP contribution in [0.1, 0.15) is 54.2 Å². The number of benzene rings is 7. The third-order valence-corrected chi connectivity index (χ3v) is 19.3.